The number of allylic oxidation sites excluding steroid dienone is 1. The molecule has 0 radical (unpaired) electrons. The van der Waals surface area contributed by atoms with Crippen molar-refractivity contribution in [3.05, 3.63) is 60.2 Å². The van der Waals surface area contributed by atoms with E-state index in [0.717, 1.165) is 78.3 Å². The number of nitrogens with two attached hydrogens (primary N) is 1. The van der Waals surface area contributed by atoms with E-state index >= 15 is 0 Å². The summed E-state index contributed by atoms with van der Waals surface area (Å²) in [5.41, 5.74) is 11.0. The van der Waals surface area contributed by atoms with Gasteiger partial charge in [0.05, 0.1) is 23.4 Å². The van der Waals surface area contributed by atoms with Crippen LogP contribution in [0.1, 0.15) is 31.7 Å². The maximum atomic E-state index is 13.2. The molecule has 13 heteroatoms. The van der Waals surface area contributed by atoms with Gasteiger partial charge in [-0.1, -0.05) is 12.1 Å². The highest BCUT2D eigenvalue weighted by atomic mass is 16.5. The third kappa shape index (κ3) is 7.04. The highest BCUT2D eigenvalue weighted by Gasteiger charge is 2.27. The quantitative estimate of drug-likeness (QED) is 0.155. The van der Waals surface area contributed by atoms with E-state index < -0.39 is 0 Å². The summed E-state index contributed by atoms with van der Waals surface area (Å²) in [6.07, 6.45) is 10.2. The number of aryl methyl sites for hydroxylation is 1. The Labute approximate surface area is 262 Å². The lowest BCUT2D eigenvalue weighted by atomic mass is 10.1. The molecule has 4 aromatic rings. The SMILES string of the molecule is CN/C(C)=C\C(N)=N/c1ncc(C)c(-c2c[nH]c3c(NC(=O)CN4CC[C@H](Oc5ccnc(N6CCCC6)n5)C4)cccc23)n1. The van der Waals surface area contributed by atoms with E-state index in [9.17, 15) is 4.79 Å². The fraction of sp³-hybridized carbons (Fsp3) is 0.375. The predicted octanol–water partition coefficient (Wildman–Crippen LogP) is 3.53. The number of anilines is 2. The molecule has 234 valence electrons. The third-order valence-electron chi connectivity index (χ3n) is 8.08. The van der Waals surface area contributed by atoms with Gasteiger partial charge in [-0.3, -0.25) is 9.69 Å². The zero-order valence-corrected chi connectivity index (χ0v) is 25.9. The van der Waals surface area contributed by atoms with Gasteiger partial charge in [0.15, 0.2) is 0 Å². The first kappa shape index (κ1) is 30.0. The molecule has 5 N–H and O–H groups in total. The largest absolute Gasteiger partial charge is 0.473 e. The number of aromatic amines is 1. The fourth-order valence-corrected chi connectivity index (χ4v) is 5.72. The molecule has 2 saturated heterocycles. The van der Waals surface area contributed by atoms with Gasteiger partial charge in [0.25, 0.3) is 5.95 Å². The highest BCUT2D eigenvalue weighted by molar-refractivity contribution is 6.06. The summed E-state index contributed by atoms with van der Waals surface area (Å²) < 4.78 is 6.18. The number of rotatable bonds is 10. The number of benzene rings is 1. The summed E-state index contributed by atoms with van der Waals surface area (Å²) in [6, 6.07) is 7.62. The molecule has 0 bridgehead atoms. The van der Waals surface area contributed by atoms with Gasteiger partial charge in [-0.15, -0.1) is 0 Å². The van der Waals surface area contributed by atoms with E-state index in [2.05, 4.69) is 45.4 Å². The van der Waals surface area contributed by atoms with Gasteiger partial charge in [0.2, 0.25) is 17.7 Å². The smallest absolute Gasteiger partial charge is 0.251 e. The van der Waals surface area contributed by atoms with Gasteiger partial charge in [-0.25, -0.2) is 15.0 Å². The summed E-state index contributed by atoms with van der Waals surface area (Å²) in [5, 5.41) is 7.04. The number of carbonyl (C=O) groups excluding carboxylic acids is 1. The second-order valence-electron chi connectivity index (χ2n) is 11.4. The summed E-state index contributed by atoms with van der Waals surface area (Å²) in [4.78, 5) is 43.2. The minimum absolute atomic E-state index is 0.0300. The minimum atomic E-state index is -0.0899. The molecule has 2 fully saturated rings. The molecule has 6 rings (SSSR count). The van der Waals surface area contributed by atoms with Crippen LogP contribution in [0.5, 0.6) is 5.88 Å². The summed E-state index contributed by atoms with van der Waals surface area (Å²) in [5.74, 6) is 1.79. The number of ether oxygens (including phenoxy) is 1. The molecule has 0 aliphatic carbocycles. The number of amides is 1. The first-order chi connectivity index (χ1) is 21.9. The van der Waals surface area contributed by atoms with Crippen molar-refractivity contribution in [2.45, 2.75) is 39.2 Å². The van der Waals surface area contributed by atoms with Gasteiger partial charge in [-0.05, 0) is 50.8 Å². The lowest BCUT2D eigenvalue weighted by Gasteiger charge is -2.18. The topological polar surface area (TPSA) is 163 Å². The maximum absolute atomic E-state index is 13.2. The Morgan fingerprint density at radius 2 is 2.04 bits per heavy atom. The molecule has 5 heterocycles. The monoisotopic (exact) mass is 609 g/mol. The molecule has 3 aromatic heterocycles. The number of nitrogens with one attached hydrogen (secondary N) is 3. The van der Waals surface area contributed by atoms with Gasteiger partial charge in [0, 0.05) is 74.5 Å². The van der Waals surface area contributed by atoms with E-state index in [0.29, 0.717) is 23.9 Å². The van der Waals surface area contributed by atoms with Crippen LogP contribution in [0.15, 0.2) is 59.6 Å². The zero-order valence-electron chi connectivity index (χ0n) is 25.9. The normalized spacial score (nSPS) is 17.7. The molecule has 0 spiro atoms. The van der Waals surface area contributed by atoms with Crippen LogP contribution < -0.4 is 26.0 Å². The van der Waals surface area contributed by atoms with Crippen molar-refractivity contribution >= 4 is 40.2 Å². The van der Waals surface area contributed by atoms with Crippen LogP contribution in [-0.2, 0) is 4.79 Å². The molecule has 13 nitrogen and oxygen atoms in total. The maximum Gasteiger partial charge on any atom is 0.251 e. The van der Waals surface area contributed by atoms with Crippen molar-refractivity contribution < 1.29 is 9.53 Å². The molecule has 0 unspecified atom stereocenters. The first-order valence-corrected chi connectivity index (χ1v) is 15.3. The number of carbonyl (C=O) groups is 1. The standard InChI is InChI=1S/C32H39N11O2/c1-20-16-37-31(39-26(33)15-21(2)34-3)41-29(20)24-17-36-30-23(24)7-6-8-25(30)38-27(44)19-42-14-10-22(18-42)45-28-9-11-35-32(40-28)43-12-4-5-13-43/h6-9,11,15-17,22,34,36H,4-5,10,12-14,18-19H2,1-3H3,(H,38,44)(H2,33,37,39,41)/b21-15-/t22-/m0/s1. The van der Waals surface area contributed by atoms with Crippen LogP contribution in [0.2, 0.25) is 0 Å². The second-order valence-corrected chi connectivity index (χ2v) is 11.4. The van der Waals surface area contributed by atoms with E-state index in [1.54, 1.807) is 24.5 Å². The van der Waals surface area contributed by atoms with E-state index in [4.69, 9.17) is 15.5 Å². The molecular weight excluding hydrogens is 570 g/mol. The second kappa shape index (κ2) is 13.3. The van der Waals surface area contributed by atoms with Gasteiger partial charge < -0.3 is 31.0 Å². The average Bonchev–Trinajstić information content (AvgIpc) is 3.80. The van der Waals surface area contributed by atoms with Crippen LogP contribution >= 0.6 is 0 Å². The molecule has 2 aliphatic rings. The van der Waals surface area contributed by atoms with Crippen molar-refractivity contribution in [3.8, 4) is 17.1 Å². The van der Waals surface area contributed by atoms with Crippen molar-refractivity contribution in [2.24, 2.45) is 10.7 Å². The highest BCUT2D eigenvalue weighted by Crippen LogP contribution is 2.33. The summed E-state index contributed by atoms with van der Waals surface area (Å²) in [7, 11) is 1.82. The van der Waals surface area contributed by atoms with Crippen LogP contribution in [-0.4, -0.2) is 87.4 Å². The van der Waals surface area contributed by atoms with Crippen LogP contribution in [0.25, 0.3) is 22.2 Å². The number of fused-ring (bicyclic) bond motifs is 1. The number of H-pyrrole nitrogens is 1. The van der Waals surface area contributed by atoms with Gasteiger partial charge >= 0.3 is 0 Å². The Morgan fingerprint density at radius 3 is 2.87 bits per heavy atom. The predicted molar refractivity (Wildman–Crippen MR) is 176 cm³/mol. The van der Waals surface area contributed by atoms with Gasteiger partial charge in [0.1, 0.15) is 11.9 Å². The number of aliphatic imine (C=N–C) groups is 1. The Bertz CT molecular complexity index is 1740. The van der Waals surface area contributed by atoms with Crippen LogP contribution in [0.3, 0.4) is 0 Å². The van der Waals surface area contributed by atoms with E-state index in [1.165, 1.54) is 0 Å². The fourth-order valence-electron chi connectivity index (χ4n) is 5.72. The number of likely N-dealkylation sites (tertiary alicyclic amines) is 1. The molecule has 0 saturated carbocycles. The van der Waals surface area contributed by atoms with Crippen LogP contribution in [0, 0.1) is 6.92 Å². The molecule has 1 amide bonds. The Kier molecular flexibility index (Phi) is 8.87. The average molecular weight is 610 g/mol. The molecule has 1 atom stereocenters. The van der Waals surface area contributed by atoms with E-state index in [-0.39, 0.29) is 24.5 Å². The number of amidine groups is 1. The number of hydrogen-bond donors (Lipinski definition) is 4. The summed E-state index contributed by atoms with van der Waals surface area (Å²) in [6.45, 7) is 7.50. The molecule has 2 aliphatic heterocycles. The Hall–Kier alpha value is -5.04. The van der Waals surface area contributed by atoms with Crippen molar-refractivity contribution in [1.29, 1.82) is 0 Å². The number of aromatic nitrogens is 5. The van der Waals surface area contributed by atoms with Crippen molar-refractivity contribution in [2.75, 3.05) is 50.0 Å². The minimum Gasteiger partial charge on any atom is -0.473 e. The Morgan fingerprint density at radius 1 is 1.20 bits per heavy atom. The lowest BCUT2D eigenvalue weighted by Crippen LogP contribution is -2.33. The number of para-hydroxylation sites is 1. The lowest BCUT2D eigenvalue weighted by molar-refractivity contribution is -0.117. The first-order valence-electron chi connectivity index (χ1n) is 15.3. The molecule has 1 aromatic carbocycles. The molecular formula is C32H39N11O2. The van der Waals surface area contributed by atoms with Gasteiger partial charge in [-0.2, -0.15) is 9.98 Å². The zero-order chi connectivity index (χ0) is 31.3. The van der Waals surface area contributed by atoms with Crippen molar-refractivity contribution in [3.63, 3.8) is 0 Å². The summed E-state index contributed by atoms with van der Waals surface area (Å²) >= 11 is 0. The van der Waals surface area contributed by atoms with Crippen molar-refractivity contribution in [1.82, 2.24) is 35.1 Å². The number of hydrogen-bond acceptors (Lipinski definition) is 10. The Balaban J connectivity index is 1.10. The third-order valence-corrected chi connectivity index (χ3v) is 8.08. The van der Waals surface area contributed by atoms with E-state index in [1.807, 2.05) is 45.3 Å². The van der Waals surface area contributed by atoms with Crippen LogP contribution in [0.4, 0.5) is 17.6 Å². The number of nitrogens with zero attached hydrogens (tertiary/aromatic N) is 7. The molecule has 45 heavy (non-hydrogen) atoms.